The van der Waals surface area contributed by atoms with Crippen molar-refractivity contribution in [3.8, 4) is 5.75 Å². The van der Waals surface area contributed by atoms with Crippen molar-refractivity contribution in [1.82, 2.24) is 9.78 Å². The molecule has 10 heteroatoms. The van der Waals surface area contributed by atoms with Crippen molar-refractivity contribution >= 4 is 17.4 Å². The van der Waals surface area contributed by atoms with Crippen molar-refractivity contribution in [1.29, 1.82) is 0 Å². The lowest BCUT2D eigenvalue weighted by molar-refractivity contribution is -0.389. The van der Waals surface area contributed by atoms with Gasteiger partial charge in [-0.15, -0.1) is 0 Å². The summed E-state index contributed by atoms with van der Waals surface area (Å²) in [7, 11) is 0. The normalized spacial score (nSPS) is 10.7. The third kappa shape index (κ3) is 4.24. The quantitative estimate of drug-likeness (QED) is 0.644. The van der Waals surface area contributed by atoms with Gasteiger partial charge in [-0.05, 0) is 42.5 Å². The SMILES string of the molecule is Cc1cc(OC(F)F)ccc1NC(=O)Cn1nc([N+](=O)[O-])cc1C. The van der Waals surface area contributed by atoms with E-state index in [1.165, 1.54) is 28.9 Å². The van der Waals surface area contributed by atoms with Crippen molar-refractivity contribution in [2.75, 3.05) is 5.32 Å². The highest BCUT2D eigenvalue weighted by Gasteiger charge is 2.18. The fourth-order valence-corrected chi connectivity index (χ4v) is 2.02. The van der Waals surface area contributed by atoms with Gasteiger partial charge in [0.2, 0.25) is 5.91 Å². The number of aryl methyl sites for hydroxylation is 2. The minimum Gasteiger partial charge on any atom is -0.435 e. The Hall–Kier alpha value is -3.04. The van der Waals surface area contributed by atoms with Gasteiger partial charge < -0.3 is 20.2 Å². The zero-order valence-corrected chi connectivity index (χ0v) is 12.8. The summed E-state index contributed by atoms with van der Waals surface area (Å²) in [6.07, 6.45) is 0. The molecule has 0 spiro atoms. The number of hydrogen-bond acceptors (Lipinski definition) is 5. The van der Waals surface area contributed by atoms with Crippen LogP contribution >= 0.6 is 0 Å². The molecule has 0 aliphatic rings. The molecule has 0 unspecified atom stereocenters. The first-order valence-electron chi connectivity index (χ1n) is 6.80. The first-order valence-corrected chi connectivity index (χ1v) is 6.80. The number of alkyl halides is 2. The predicted octanol–water partition coefficient (Wildman–Crippen LogP) is 2.65. The molecule has 1 heterocycles. The Balaban J connectivity index is 2.06. The lowest BCUT2D eigenvalue weighted by Crippen LogP contribution is -2.20. The third-order valence-corrected chi connectivity index (χ3v) is 3.15. The van der Waals surface area contributed by atoms with Crippen LogP contribution in [0, 0.1) is 24.0 Å². The first kappa shape index (κ1) is 17.3. The Morgan fingerprint density at radius 2 is 2.12 bits per heavy atom. The Morgan fingerprint density at radius 3 is 2.67 bits per heavy atom. The molecule has 1 amide bonds. The Bertz CT molecular complexity index is 776. The highest BCUT2D eigenvalue weighted by atomic mass is 19.3. The molecule has 0 saturated carbocycles. The molecular weight excluding hydrogens is 326 g/mol. The van der Waals surface area contributed by atoms with Crippen LogP contribution in [0.5, 0.6) is 5.75 Å². The molecule has 0 saturated heterocycles. The Labute approximate surface area is 135 Å². The topological polar surface area (TPSA) is 99.3 Å². The number of carbonyl (C=O) groups excluding carboxylic acids is 1. The number of hydrogen-bond donors (Lipinski definition) is 1. The number of benzene rings is 1. The van der Waals surface area contributed by atoms with Crippen molar-refractivity contribution in [3.05, 3.63) is 45.6 Å². The van der Waals surface area contributed by atoms with Crippen molar-refractivity contribution < 1.29 is 23.2 Å². The molecule has 0 fully saturated rings. The monoisotopic (exact) mass is 340 g/mol. The summed E-state index contributed by atoms with van der Waals surface area (Å²) in [5.74, 6) is -0.814. The number of amides is 1. The number of ether oxygens (including phenoxy) is 1. The van der Waals surface area contributed by atoms with Gasteiger partial charge in [0.05, 0.1) is 16.9 Å². The summed E-state index contributed by atoms with van der Waals surface area (Å²) >= 11 is 0. The summed E-state index contributed by atoms with van der Waals surface area (Å²) in [6.45, 7) is 0.0740. The number of halogens is 2. The average molecular weight is 340 g/mol. The average Bonchev–Trinajstić information content (AvgIpc) is 2.83. The molecule has 0 bridgehead atoms. The van der Waals surface area contributed by atoms with Gasteiger partial charge in [0, 0.05) is 5.69 Å². The fraction of sp³-hybridized carbons (Fsp3) is 0.286. The van der Waals surface area contributed by atoms with Crippen LogP contribution in [0.25, 0.3) is 0 Å². The second kappa shape index (κ2) is 7.02. The van der Waals surface area contributed by atoms with Gasteiger partial charge in [-0.3, -0.25) is 4.79 Å². The maximum absolute atomic E-state index is 12.2. The van der Waals surface area contributed by atoms with Gasteiger partial charge in [-0.25, -0.2) is 0 Å². The van der Waals surface area contributed by atoms with Crippen LogP contribution in [0.1, 0.15) is 11.3 Å². The van der Waals surface area contributed by atoms with E-state index in [0.717, 1.165) is 0 Å². The van der Waals surface area contributed by atoms with E-state index >= 15 is 0 Å². The fourth-order valence-electron chi connectivity index (χ4n) is 2.02. The van der Waals surface area contributed by atoms with Crippen LogP contribution in [0.4, 0.5) is 20.3 Å². The minimum absolute atomic E-state index is 0.0148. The number of aromatic nitrogens is 2. The number of nitrogens with zero attached hydrogens (tertiary/aromatic N) is 3. The first-order chi connectivity index (χ1) is 11.3. The number of anilines is 1. The highest BCUT2D eigenvalue weighted by Crippen LogP contribution is 2.22. The maximum Gasteiger partial charge on any atom is 0.390 e. The molecule has 1 N–H and O–H groups in total. The Kier molecular flexibility index (Phi) is 5.07. The van der Waals surface area contributed by atoms with Gasteiger partial charge in [-0.1, -0.05) is 0 Å². The minimum atomic E-state index is -2.93. The van der Waals surface area contributed by atoms with Crippen LogP contribution in [-0.4, -0.2) is 27.2 Å². The molecule has 1 aromatic carbocycles. The van der Waals surface area contributed by atoms with E-state index in [9.17, 15) is 23.7 Å². The van der Waals surface area contributed by atoms with Crippen LogP contribution in [0.3, 0.4) is 0 Å². The predicted molar refractivity (Wildman–Crippen MR) is 80.1 cm³/mol. The molecule has 0 aliphatic heterocycles. The highest BCUT2D eigenvalue weighted by molar-refractivity contribution is 5.91. The number of nitrogens with one attached hydrogen (secondary N) is 1. The number of carbonyl (C=O) groups is 1. The molecule has 8 nitrogen and oxygen atoms in total. The van der Waals surface area contributed by atoms with E-state index in [1.54, 1.807) is 13.8 Å². The molecule has 2 aromatic rings. The largest absolute Gasteiger partial charge is 0.435 e. The number of nitro groups is 1. The van der Waals surface area contributed by atoms with Crippen LogP contribution in [-0.2, 0) is 11.3 Å². The zero-order valence-electron chi connectivity index (χ0n) is 12.8. The maximum atomic E-state index is 12.2. The van der Waals surface area contributed by atoms with Gasteiger partial charge in [0.15, 0.2) is 0 Å². The third-order valence-electron chi connectivity index (χ3n) is 3.15. The molecule has 24 heavy (non-hydrogen) atoms. The van der Waals surface area contributed by atoms with E-state index in [0.29, 0.717) is 16.9 Å². The summed E-state index contributed by atoms with van der Waals surface area (Å²) in [6, 6.07) is 5.36. The molecule has 0 radical (unpaired) electrons. The summed E-state index contributed by atoms with van der Waals surface area (Å²) in [4.78, 5) is 22.0. The second-order valence-electron chi connectivity index (χ2n) is 4.96. The van der Waals surface area contributed by atoms with Crippen molar-refractivity contribution in [3.63, 3.8) is 0 Å². The molecule has 0 aliphatic carbocycles. The van der Waals surface area contributed by atoms with Crippen LogP contribution < -0.4 is 10.1 Å². The van der Waals surface area contributed by atoms with Gasteiger partial charge in [0.25, 0.3) is 0 Å². The van der Waals surface area contributed by atoms with Gasteiger partial charge in [0.1, 0.15) is 12.3 Å². The van der Waals surface area contributed by atoms with E-state index in [-0.39, 0.29) is 18.1 Å². The van der Waals surface area contributed by atoms with Gasteiger partial charge >= 0.3 is 12.4 Å². The van der Waals surface area contributed by atoms with Crippen LogP contribution in [0.2, 0.25) is 0 Å². The molecular formula is C14H14F2N4O4. The smallest absolute Gasteiger partial charge is 0.390 e. The molecule has 1 aromatic heterocycles. The molecule has 2 rings (SSSR count). The summed E-state index contributed by atoms with van der Waals surface area (Å²) in [5, 5.41) is 17.0. The summed E-state index contributed by atoms with van der Waals surface area (Å²) in [5.41, 5.74) is 1.42. The lowest BCUT2D eigenvalue weighted by Gasteiger charge is -2.10. The van der Waals surface area contributed by atoms with Crippen molar-refractivity contribution in [2.24, 2.45) is 0 Å². The van der Waals surface area contributed by atoms with Crippen molar-refractivity contribution in [2.45, 2.75) is 27.0 Å². The van der Waals surface area contributed by atoms with Crippen LogP contribution in [0.15, 0.2) is 24.3 Å². The van der Waals surface area contributed by atoms with E-state index < -0.39 is 17.4 Å². The van der Waals surface area contributed by atoms with E-state index in [2.05, 4.69) is 15.2 Å². The molecule has 128 valence electrons. The summed E-state index contributed by atoms with van der Waals surface area (Å²) < 4.78 is 29.8. The van der Waals surface area contributed by atoms with E-state index in [1.807, 2.05) is 0 Å². The standard InChI is InChI=1S/C14H14F2N4O4/c1-8-5-10(24-14(15)16)3-4-11(8)17-13(21)7-19-9(2)6-12(18-19)20(22)23/h3-6,14H,7H2,1-2H3,(H,17,21). The zero-order chi connectivity index (χ0) is 17.9. The Morgan fingerprint density at radius 1 is 1.42 bits per heavy atom. The van der Waals surface area contributed by atoms with E-state index in [4.69, 9.17) is 0 Å². The second-order valence-corrected chi connectivity index (χ2v) is 4.96. The van der Waals surface area contributed by atoms with Gasteiger partial charge in [-0.2, -0.15) is 13.5 Å². The lowest BCUT2D eigenvalue weighted by atomic mass is 10.2. The number of rotatable bonds is 6. The molecule has 0 atom stereocenters.